The summed E-state index contributed by atoms with van der Waals surface area (Å²) in [6, 6.07) is 12.3. The maximum atomic E-state index is 6.14. The van der Waals surface area contributed by atoms with Crippen molar-refractivity contribution in [2.45, 2.75) is 13.8 Å². The Morgan fingerprint density at radius 3 is 2.50 bits per heavy atom. The standard InChI is InChI=1S/C25H26ClN3O/c1-4-6-19-16-24(29(23(19)5-2)21-9-7-20(26)8-10-21)22-17-27-25(15-18(22)3)28-11-13-30-14-12-28/h4-10,15-17H,2,11-14H2,1,3H3/b6-4-. The van der Waals surface area contributed by atoms with Crippen LogP contribution in [0.5, 0.6) is 0 Å². The number of halogens is 1. The minimum absolute atomic E-state index is 0.717. The lowest BCUT2D eigenvalue weighted by Crippen LogP contribution is -2.36. The molecule has 1 saturated heterocycles. The summed E-state index contributed by atoms with van der Waals surface area (Å²) in [6.45, 7) is 11.5. The van der Waals surface area contributed by atoms with E-state index in [2.05, 4.69) is 41.2 Å². The van der Waals surface area contributed by atoms with Crippen LogP contribution < -0.4 is 4.90 Å². The van der Waals surface area contributed by atoms with Gasteiger partial charge in [-0.05, 0) is 61.9 Å². The van der Waals surface area contributed by atoms with E-state index in [0.29, 0.717) is 5.02 Å². The van der Waals surface area contributed by atoms with E-state index in [4.69, 9.17) is 21.3 Å². The van der Waals surface area contributed by atoms with Crippen LogP contribution in [-0.4, -0.2) is 35.9 Å². The van der Waals surface area contributed by atoms with E-state index in [1.165, 1.54) is 5.56 Å². The van der Waals surface area contributed by atoms with Gasteiger partial charge in [-0.1, -0.05) is 30.3 Å². The molecule has 0 spiro atoms. The van der Waals surface area contributed by atoms with Gasteiger partial charge in [-0.2, -0.15) is 0 Å². The zero-order chi connectivity index (χ0) is 21.1. The molecule has 0 aliphatic carbocycles. The van der Waals surface area contributed by atoms with Gasteiger partial charge in [-0.25, -0.2) is 4.98 Å². The Kier molecular flexibility index (Phi) is 6.07. The van der Waals surface area contributed by atoms with E-state index in [0.717, 1.165) is 60.3 Å². The van der Waals surface area contributed by atoms with E-state index in [1.807, 2.05) is 49.5 Å². The number of rotatable bonds is 5. The number of benzene rings is 1. The van der Waals surface area contributed by atoms with Gasteiger partial charge in [0.1, 0.15) is 5.82 Å². The van der Waals surface area contributed by atoms with Crippen LogP contribution in [0.15, 0.2) is 55.3 Å². The van der Waals surface area contributed by atoms with Gasteiger partial charge >= 0.3 is 0 Å². The normalized spacial score (nSPS) is 14.4. The van der Waals surface area contributed by atoms with Gasteiger partial charge in [0.05, 0.1) is 24.6 Å². The van der Waals surface area contributed by atoms with E-state index >= 15 is 0 Å². The van der Waals surface area contributed by atoms with E-state index in [-0.39, 0.29) is 0 Å². The van der Waals surface area contributed by atoms with Crippen LogP contribution in [0.2, 0.25) is 5.02 Å². The summed E-state index contributed by atoms with van der Waals surface area (Å²) in [5.41, 5.74) is 6.56. The summed E-state index contributed by atoms with van der Waals surface area (Å²) < 4.78 is 7.69. The number of ether oxygens (including phenoxy) is 1. The molecule has 3 aromatic rings. The summed E-state index contributed by atoms with van der Waals surface area (Å²) in [5, 5.41) is 0.717. The van der Waals surface area contributed by atoms with Crippen molar-refractivity contribution in [2.75, 3.05) is 31.2 Å². The number of aromatic nitrogens is 2. The number of nitrogens with zero attached hydrogens (tertiary/aromatic N) is 3. The number of aryl methyl sites for hydroxylation is 1. The van der Waals surface area contributed by atoms with Gasteiger partial charge < -0.3 is 14.2 Å². The molecular weight excluding hydrogens is 394 g/mol. The molecule has 0 atom stereocenters. The zero-order valence-electron chi connectivity index (χ0n) is 17.4. The molecule has 30 heavy (non-hydrogen) atoms. The van der Waals surface area contributed by atoms with Crippen LogP contribution in [0.4, 0.5) is 5.82 Å². The molecule has 0 saturated carbocycles. The molecule has 154 valence electrons. The van der Waals surface area contributed by atoms with Gasteiger partial charge in [-0.15, -0.1) is 0 Å². The molecule has 1 fully saturated rings. The summed E-state index contributed by atoms with van der Waals surface area (Å²) in [7, 11) is 0. The van der Waals surface area contributed by atoms with Crippen molar-refractivity contribution < 1.29 is 4.74 Å². The van der Waals surface area contributed by atoms with Gasteiger partial charge in [0.2, 0.25) is 0 Å². The van der Waals surface area contributed by atoms with Crippen molar-refractivity contribution in [1.29, 1.82) is 0 Å². The lowest BCUT2D eigenvalue weighted by molar-refractivity contribution is 0.122. The first-order valence-corrected chi connectivity index (χ1v) is 10.6. The fourth-order valence-corrected chi connectivity index (χ4v) is 4.03. The SMILES string of the molecule is C=Cc1c(/C=C\C)cc(-c2cnc(N3CCOCC3)cc2C)n1-c1ccc(Cl)cc1. The highest BCUT2D eigenvalue weighted by molar-refractivity contribution is 6.30. The minimum Gasteiger partial charge on any atom is -0.378 e. The Hall–Kier alpha value is -2.82. The quantitative estimate of drug-likeness (QED) is 0.507. The largest absolute Gasteiger partial charge is 0.378 e. The van der Waals surface area contributed by atoms with Crippen molar-refractivity contribution in [2.24, 2.45) is 0 Å². The number of hydrogen-bond donors (Lipinski definition) is 0. The number of anilines is 1. The second-order valence-corrected chi connectivity index (χ2v) is 7.78. The van der Waals surface area contributed by atoms with Crippen LogP contribution in [-0.2, 0) is 4.74 Å². The molecule has 0 unspecified atom stereocenters. The molecule has 3 heterocycles. The Morgan fingerprint density at radius 2 is 1.87 bits per heavy atom. The smallest absolute Gasteiger partial charge is 0.128 e. The first kappa shape index (κ1) is 20.5. The van der Waals surface area contributed by atoms with E-state index in [1.54, 1.807) is 0 Å². The van der Waals surface area contributed by atoms with Gasteiger partial charge in [0.25, 0.3) is 0 Å². The molecule has 4 nitrogen and oxygen atoms in total. The van der Waals surface area contributed by atoms with E-state index in [9.17, 15) is 0 Å². The third-order valence-electron chi connectivity index (χ3n) is 5.40. The Bertz CT molecular complexity index is 1080. The average molecular weight is 420 g/mol. The average Bonchev–Trinajstić information content (AvgIpc) is 3.13. The fraction of sp³-hybridized carbons (Fsp3) is 0.240. The number of morpholine rings is 1. The summed E-state index contributed by atoms with van der Waals surface area (Å²) in [4.78, 5) is 7.07. The number of allylic oxidation sites excluding steroid dienone is 1. The maximum absolute atomic E-state index is 6.14. The van der Waals surface area contributed by atoms with Crippen molar-refractivity contribution in [3.63, 3.8) is 0 Å². The molecule has 4 rings (SSSR count). The third kappa shape index (κ3) is 3.93. The molecular formula is C25H26ClN3O. The van der Waals surface area contributed by atoms with Crippen molar-refractivity contribution in [1.82, 2.24) is 9.55 Å². The van der Waals surface area contributed by atoms with Crippen molar-refractivity contribution in [3.8, 4) is 16.9 Å². The molecule has 5 heteroatoms. The second kappa shape index (κ2) is 8.90. The molecule has 0 radical (unpaired) electrons. The van der Waals surface area contributed by atoms with Gasteiger partial charge in [0.15, 0.2) is 0 Å². The second-order valence-electron chi connectivity index (χ2n) is 7.34. The summed E-state index contributed by atoms with van der Waals surface area (Å²) >= 11 is 6.14. The first-order chi connectivity index (χ1) is 14.6. The van der Waals surface area contributed by atoms with Crippen LogP contribution in [0, 0.1) is 6.92 Å². The van der Waals surface area contributed by atoms with Crippen molar-refractivity contribution >= 4 is 29.6 Å². The van der Waals surface area contributed by atoms with Crippen LogP contribution >= 0.6 is 11.6 Å². The molecule has 0 bridgehead atoms. The molecule has 0 N–H and O–H groups in total. The monoisotopic (exact) mass is 419 g/mol. The molecule has 0 amide bonds. The lowest BCUT2D eigenvalue weighted by atomic mass is 10.1. The molecule has 1 aliphatic rings. The van der Waals surface area contributed by atoms with Crippen LogP contribution in [0.25, 0.3) is 29.1 Å². The highest BCUT2D eigenvalue weighted by Crippen LogP contribution is 2.34. The van der Waals surface area contributed by atoms with Crippen molar-refractivity contribution in [3.05, 3.63) is 77.1 Å². The fourth-order valence-electron chi connectivity index (χ4n) is 3.91. The first-order valence-electron chi connectivity index (χ1n) is 10.2. The lowest BCUT2D eigenvalue weighted by Gasteiger charge is -2.28. The third-order valence-corrected chi connectivity index (χ3v) is 5.65. The predicted molar refractivity (Wildman–Crippen MR) is 127 cm³/mol. The minimum atomic E-state index is 0.717. The summed E-state index contributed by atoms with van der Waals surface area (Å²) in [5.74, 6) is 1.00. The molecule has 2 aromatic heterocycles. The molecule has 1 aromatic carbocycles. The zero-order valence-corrected chi connectivity index (χ0v) is 18.2. The topological polar surface area (TPSA) is 30.3 Å². The summed E-state index contributed by atoms with van der Waals surface area (Å²) in [6.07, 6.45) is 8.04. The van der Waals surface area contributed by atoms with Crippen LogP contribution in [0.1, 0.15) is 23.7 Å². The van der Waals surface area contributed by atoms with Gasteiger partial charge in [0, 0.05) is 41.1 Å². The highest BCUT2D eigenvalue weighted by Gasteiger charge is 2.18. The Labute approximate surface area is 183 Å². The Morgan fingerprint density at radius 1 is 1.13 bits per heavy atom. The van der Waals surface area contributed by atoms with Gasteiger partial charge in [-0.3, -0.25) is 0 Å². The van der Waals surface area contributed by atoms with Crippen LogP contribution in [0.3, 0.4) is 0 Å². The Balaban J connectivity index is 1.85. The molecule has 1 aliphatic heterocycles. The number of hydrogen-bond acceptors (Lipinski definition) is 3. The number of pyridine rings is 1. The maximum Gasteiger partial charge on any atom is 0.128 e. The predicted octanol–water partition coefficient (Wildman–Crippen LogP) is 6.01. The highest BCUT2D eigenvalue weighted by atomic mass is 35.5. The van der Waals surface area contributed by atoms with E-state index < -0.39 is 0 Å².